The predicted octanol–water partition coefficient (Wildman–Crippen LogP) is 5.41. The lowest BCUT2D eigenvalue weighted by atomic mass is 9.79. The van der Waals surface area contributed by atoms with Crippen LogP contribution in [0.3, 0.4) is 0 Å². The van der Waals surface area contributed by atoms with Crippen LogP contribution in [0.25, 0.3) is 0 Å². The van der Waals surface area contributed by atoms with Gasteiger partial charge in [-0.15, -0.1) is 0 Å². The van der Waals surface area contributed by atoms with Crippen LogP contribution in [0, 0.1) is 5.82 Å². The van der Waals surface area contributed by atoms with E-state index in [2.05, 4.69) is 5.32 Å². The molecule has 0 bridgehead atoms. The summed E-state index contributed by atoms with van der Waals surface area (Å²) < 4.78 is 64.4. The number of rotatable bonds is 5. The topological polar surface area (TPSA) is 67.9 Å². The van der Waals surface area contributed by atoms with E-state index in [4.69, 9.17) is 9.47 Å². The van der Waals surface area contributed by atoms with Gasteiger partial charge in [-0.1, -0.05) is 18.2 Å². The summed E-state index contributed by atoms with van der Waals surface area (Å²) in [6.45, 7) is 0. The summed E-state index contributed by atoms with van der Waals surface area (Å²) in [6, 6.07) is 11.6. The first-order valence-corrected chi connectivity index (χ1v) is 10.8. The lowest BCUT2D eigenvalue weighted by Gasteiger charge is -2.40. The normalized spacial score (nSPS) is 17.4. The van der Waals surface area contributed by atoms with Gasteiger partial charge in [-0.05, 0) is 48.0 Å². The highest BCUT2D eigenvalue weighted by Crippen LogP contribution is 2.46. The third kappa shape index (κ3) is 4.46. The van der Waals surface area contributed by atoms with Crippen LogP contribution < -0.4 is 14.8 Å². The molecule has 0 saturated heterocycles. The zero-order valence-electron chi connectivity index (χ0n) is 19.5. The van der Waals surface area contributed by atoms with Gasteiger partial charge in [0.25, 0.3) is 5.91 Å². The maximum absolute atomic E-state index is 14.9. The van der Waals surface area contributed by atoms with E-state index in [1.165, 1.54) is 56.5 Å². The Labute approximate surface area is 204 Å². The number of methoxy groups -OCH3 is 2. The molecule has 3 aromatic carbocycles. The number of benzene rings is 3. The van der Waals surface area contributed by atoms with E-state index in [0.717, 1.165) is 24.3 Å². The lowest BCUT2D eigenvalue weighted by molar-refractivity contribution is -0.137. The van der Waals surface area contributed by atoms with Crippen LogP contribution in [0.2, 0.25) is 0 Å². The van der Waals surface area contributed by atoms with Crippen molar-refractivity contribution in [2.45, 2.75) is 18.1 Å². The third-order valence-electron chi connectivity index (χ3n) is 6.16. The average molecular weight is 502 g/mol. The zero-order valence-corrected chi connectivity index (χ0v) is 19.5. The van der Waals surface area contributed by atoms with E-state index in [-0.39, 0.29) is 33.9 Å². The van der Waals surface area contributed by atoms with E-state index in [1.807, 2.05) is 0 Å². The standard InChI is InChI=1S/C26H22F4N2O4/c1-32-23(16-6-4-5-7-19(16)27)22(17-12-20(35-2)21(36-3)13-18(17)25(32)34)24(33)31-15-10-8-14(9-11-15)26(28,29)30/h4-13,22-23H,1-3H3,(H,31,33). The van der Waals surface area contributed by atoms with Gasteiger partial charge in [0.2, 0.25) is 5.91 Å². The Morgan fingerprint density at radius 2 is 1.56 bits per heavy atom. The summed E-state index contributed by atoms with van der Waals surface area (Å²) in [5.41, 5.74) is -0.207. The number of ether oxygens (including phenoxy) is 2. The number of alkyl halides is 3. The molecule has 2 unspecified atom stereocenters. The molecule has 36 heavy (non-hydrogen) atoms. The van der Waals surface area contributed by atoms with E-state index in [9.17, 15) is 27.2 Å². The number of hydrogen-bond donors (Lipinski definition) is 1. The number of likely N-dealkylation sites (N-methyl/N-ethyl adjacent to an activating group) is 1. The van der Waals surface area contributed by atoms with Gasteiger partial charge in [-0.25, -0.2) is 4.39 Å². The molecular formula is C26H22F4N2O4. The molecule has 0 aromatic heterocycles. The second-order valence-corrected chi connectivity index (χ2v) is 8.22. The third-order valence-corrected chi connectivity index (χ3v) is 6.16. The van der Waals surface area contributed by atoms with Crippen LogP contribution >= 0.6 is 0 Å². The molecule has 10 heteroatoms. The van der Waals surface area contributed by atoms with Crippen LogP contribution in [0.4, 0.5) is 23.2 Å². The van der Waals surface area contributed by atoms with Crippen molar-refractivity contribution >= 4 is 17.5 Å². The Bertz CT molecular complexity index is 1310. The fraction of sp³-hybridized carbons (Fsp3) is 0.231. The van der Waals surface area contributed by atoms with E-state index in [1.54, 1.807) is 6.07 Å². The van der Waals surface area contributed by atoms with Crippen LogP contribution in [-0.2, 0) is 11.0 Å². The number of anilines is 1. The highest BCUT2D eigenvalue weighted by Gasteiger charge is 2.44. The molecule has 0 fully saturated rings. The first-order valence-electron chi connectivity index (χ1n) is 10.8. The van der Waals surface area contributed by atoms with Gasteiger partial charge in [0.1, 0.15) is 5.82 Å². The smallest absolute Gasteiger partial charge is 0.416 e. The highest BCUT2D eigenvalue weighted by molar-refractivity contribution is 6.05. The number of carbonyl (C=O) groups is 2. The van der Waals surface area contributed by atoms with Crippen molar-refractivity contribution in [1.29, 1.82) is 0 Å². The van der Waals surface area contributed by atoms with Crippen molar-refractivity contribution in [3.05, 3.63) is 88.7 Å². The maximum atomic E-state index is 14.9. The Kier molecular flexibility index (Phi) is 6.62. The molecule has 1 heterocycles. The van der Waals surface area contributed by atoms with Crippen molar-refractivity contribution in [3.63, 3.8) is 0 Å². The van der Waals surface area contributed by atoms with Crippen LogP contribution in [0.15, 0.2) is 60.7 Å². The molecule has 2 atom stereocenters. The minimum absolute atomic E-state index is 0.112. The molecule has 0 radical (unpaired) electrons. The lowest BCUT2D eigenvalue weighted by Crippen LogP contribution is -2.44. The summed E-state index contributed by atoms with van der Waals surface area (Å²) in [5.74, 6) is -2.31. The SMILES string of the molecule is COc1cc2c(cc1OC)C(C(=O)Nc1ccc(C(F)(F)F)cc1)C(c1ccccc1F)N(C)C2=O. The molecule has 0 spiro atoms. The fourth-order valence-electron chi connectivity index (χ4n) is 4.40. The van der Waals surface area contributed by atoms with Crippen molar-refractivity contribution < 1.29 is 36.6 Å². The minimum Gasteiger partial charge on any atom is -0.493 e. The van der Waals surface area contributed by atoms with Crippen molar-refractivity contribution in [3.8, 4) is 11.5 Å². The van der Waals surface area contributed by atoms with E-state index < -0.39 is 41.3 Å². The van der Waals surface area contributed by atoms with Crippen molar-refractivity contribution in [2.75, 3.05) is 26.6 Å². The van der Waals surface area contributed by atoms with Crippen LogP contribution in [0.1, 0.15) is 39.0 Å². The van der Waals surface area contributed by atoms with Gasteiger partial charge in [-0.2, -0.15) is 13.2 Å². The molecule has 4 rings (SSSR count). The van der Waals surface area contributed by atoms with Gasteiger partial charge in [0.05, 0.1) is 31.7 Å². The molecule has 188 valence electrons. The quantitative estimate of drug-likeness (QED) is 0.474. The van der Waals surface area contributed by atoms with Gasteiger partial charge in [0, 0.05) is 23.9 Å². The Morgan fingerprint density at radius 3 is 2.14 bits per heavy atom. The molecule has 1 N–H and O–H groups in total. The maximum Gasteiger partial charge on any atom is 0.416 e. The molecule has 0 saturated carbocycles. The van der Waals surface area contributed by atoms with Crippen molar-refractivity contribution in [2.24, 2.45) is 0 Å². The highest BCUT2D eigenvalue weighted by atomic mass is 19.4. The predicted molar refractivity (Wildman–Crippen MR) is 124 cm³/mol. The Morgan fingerprint density at radius 1 is 0.944 bits per heavy atom. The molecule has 1 aliphatic heterocycles. The summed E-state index contributed by atoms with van der Waals surface area (Å²) in [6.07, 6.45) is -4.53. The summed E-state index contributed by atoms with van der Waals surface area (Å²) in [4.78, 5) is 28.2. The fourth-order valence-corrected chi connectivity index (χ4v) is 4.40. The zero-order chi connectivity index (χ0) is 26.2. The monoisotopic (exact) mass is 502 g/mol. The molecular weight excluding hydrogens is 480 g/mol. The number of hydrogen-bond acceptors (Lipinski definition) is 4. The number of amides is 2. The first kappa shape index (κ1) is 25.0. The number of fused-ring (bicyclic) bond motifs is 1. The largest absolute Gasteiger partial charge is 0.493 e. The van der Waals surface area contributed by atoms with Gasteiger partial charge >= 0.3 is 6.18 Å². The number of carbonyl (C=O) groups excluding carboxylic acids is 2. The second kappa shape index (κ2) is 9.52. The molecule has 6 nitrogen and oxygen atoms in total. The van der Waals surface area contributed by atoms with Crippen LogP contribution in [-0.4, -0.2) is 38.0 Å². The Balaban J connectivity index is 1.84. The molecule has 3 aromatic rings. The minimum atomic E-state index is -4.53. The first-order chi connectivity index (χ1) is 17.1. The summed E-state index contributed by atoms with van der Waals surface area (Å²) in [5, 5.41) is 2.61. The number of halogens is 4. The molecule has 2 amide bonds. The van der Waals surface area contributed by atoms with Gasteiger partial charge < -0.3 is 19.7 Å². The molecule has 1 aliphatic rings. The van der Waals surface area contributed by atoms with Crippen LogP contribution in [0.5, 0.6) is 11.5 Å². The van der Waals surface area contributed by atoms with Gasteiger partial charge in [0.15, 0.2) is 11.5 Å². The summed E-state index contributed by atoms with van der Waals surface area (Å²) >= 11 is 0. The average Bonchev–Trinajstić information content (AvgIpc) is 2.85. The second-order valence-electron chi connectivity index (χ2n) is 8.22. The van der Waals surface area contributed by atoms with Crippen molar-refractivity contribution in [1.82, 2.24) is 4.90 Å². The summed E-state index contributed by atoms with van der Waals surface area (Å²) in [7, 11) is 4.25. The molecule has 0 aliphatic carbocycles. The number of nitrogens with zero attached hydrogens (tertiary/aromatic N) is 1. The Hall–Kier alpha value is -4.08. The van der Waals surface area contributed by atoms with E-state index in [0.29, 0.717) is 0 Å². The van der Waals surface area contributed by atoms with E-state index >= 15 is 0 Å². The van der Waals surface area contributed by atoms with Gasteiger partial charge in [-0.3, -0.25) is 9.59 Å². The number of nitrogens with one attached hydrogen (secondary N) is 1.